The lowest BCUT2D eigenvalue weighted by Crippen LogP contribution is -2.39. The summed E-state index contributed by atoms with van der Waals surface area (Å²) in [7, 11) is 0. The van der Waals surface area contributed by atoms with Gasteiger partial charge in [-0.3, -0.25) is 4.79 Å². The van der Waals surface area contributed by atoms with Crippen molar-refractivity contribution in [3.05, 3.63) is 0 Å². The van der Waals surface area contributed by atoms with E-state index < -0.39 is 0 Å². The number of nitrogens with two attached hydrogens (primary N) is 1. The summed E-state index contributed by atoms with van der Waals surface area (Å²) in [6.07, 6.45) is 4.02. The maximum absolute atomic E-state index is 10.9. The van der Waals surface area contributed by atoms with Gasteiger partial charge in [0.25, 0.3) is 0 Å². The van der Waals surface area contributed by atoms with Crippen molar-refractivity contribution in [1.82, 2.24) is 10.2 Å². The maximum atomic E-state index is 10.9. The maximum Gasteiger partial charge on any atom is 0.217 e. The summed E-state index contributed by atoms with van der Waals surface area (Å²) in [5.41, 5.74) is 5.25. The predicted molar refractivity (Wildman–Crippen MR) is 75.3 cm³/mol. The molecule has 106 valence electrons. The fraction of sp³-hybridized carbons (Fsp3) is 0.929. The molecule has 0 aromatic heterocycles. The van der Waals surface area contributed by atoms with E-state index in [9.17, 15) is 4.79 Å². The Kier molecular flexibility index (Phi) is 7.28. The van der Waals surface area contributed by atoms with Crippen LogP contribution in [0.25, 0.3) is 0 Å². The van der Waals surface area contributed by atoms with Crippen molar-refractivity contribution in [2.24, 2.45) is 17.6 Å². The van der Waals surface area contributed by atoms with E-state index in [2.05, 4.69) is 24.1 Å². The molecule has 1 aliphatic rings. The molecule has 1 atom stereocenters. The van der Waals surface area contributed by atoms with Crippen LogP contribution in [0.15, 0.2) is 0 Å². The summed E-state index contributed by atoms with van der Waals surface area (Å²) in [5.74, 6) is 1.07. The molecule has 0 bridgehead atoms. The van der Waals surface area contributed by atoms with E-state index in [0.717, 1.165) is 39.0 Å². The Morgan fingerprint density at radius 2 is 2.11 bits per heavy atom. The second-order valence-corrected chi connectivity index (χ2v) is 5.72. The molecule has 0 aromatic rings. The van der Waals surface area contributed by atoms with Gasteiger partial charge in [-0.2, -0.15) is 0 Å². The van der Waals surface area contributed by atoms with E-state index in [-0.39, 0.29) is 5.91 Å². The number of hydrogen-bond acceptors (Lipinski definition) is 3. The van der Waals surface area contributed by atoms with E-state index >= 15 is 0 Å². The van der Waals surface area contributed by atoms with Gasteiger partial charge in [-0.05, 0) is 57.3 Å². The zero-order chi connectivity index (χ0) is 13.4. The Morgan fingerprint density at radius 3 is 2.67 bits per heavy atom. The van der Waals surface area contributed by atoms with E-state index in [1.807, 2.05) is 0 Å². The third-order valence-electron chi connectivity index (χ3n) is 3.69. The standard InChI is InChI=1S/C14H29N3O/c1-3-6-16-10-12(2)11-17-7-4-13(5-8-17)9-14(15)18/h12-13,16H,3-11H2,1-2H3,(H2,15,18). The molecule has 1 heterocycles. The van der Waals surface area contributed by atoms with Crippen LogP contribution in [0.3, 0.4) is 0 Å². The minimum atomic E-state index is -0.148. The molecule has 1 unspecified atom stereocenters. The molecular weight excluding hydrogens is 226 g/mol. The molecule has 1 saturated heterocycles. The Morgan fingerprint density at radius 1 is 1.44 bits per heavy atom. The van der Waals surface area contributed by atoms with E-state index in [1.54, 1.807) is 0 Å². The first-order valence-electron chi connectivity index (χ1n) is 7.33. The normalized spacial score (nSPS) is 19.9. The summed E-state index contributed by atoms with van der Waals surface area (Å²) < 4.78 is 0. The van der Waals surface area contributed by atoms with Crippen LogP contribution in [0, 0.1) is 11.8 Å². The smallest absolute Gasteiger partial charge is 0.217 e. The number of likely N-dealkylation sites (tertiary alicyclic amines) is 1. The van der Waals surface area contributed by atoms with Crippen molar-refractivity contribution in [1.29, 1.82) is 0 Å². The number of amides is 1. The molecule has 0 radical (unpaired) electrons. The van der Waals surface area contributed by atoms with Crippen LogP contribution in [0.5, 0.6) is 0 Å². The fourth-order valence-corrected chi connectivity index (χ4v) is 2.69. The number of carbonyl (C=O) groups excluding carboxylic acids is 1. The Bertz CT molecular complexity index is 237. The van der Waals surface area contributed by atoms with Crippen LogP contribution in [0.1, 0.15) is 39.5 Å². The zero-order valence-electron chi connectivity index (χ0n) is 12.0. The van der Waals surface area contributed by atoms with Crippen LogP contribution < -0.4 is 11.1 Å². The number of hydrogen-bond donors (Lipinski definition) is 2. The highest BCUT2D eigenvalue weighted by Crippen LogP contribution is 2.20. The molecule has 1 rings (SSSR count). The quantitative estimate of drug-likeness (QED) is 0.641. The summed E-state index contributed by atoms with van der Waals surface area (Å²) in [6.45, 7) is 10.1. The van der Waals surface area contributed by atoms with Crippen molar-refractivity contribution >= 4 is 5.91 Å². The second-order valence-electron chi connectivity index (χ2n) is 5.72. The van der Waals surface area contributed by atoms with E-state index in [0.29, 0.717) is 18.3 Å². The van der Waals surface area contributed by atoms with Gasteiger partial charge >= 0.3 is 0 Å². The summed E-state index contributed by atoms with van der Waals surface area (Å²) in [5, 5.41) is 3.47. The topological polar surface area (TPSA) is 58.4 Å². The third-order valence-corrected chi connectivity index (χ3v) is 3.69. The lowest BCUT2D eigenvalue weighted by atomic mass is 9.93. The molecule has 1 amide bonds. The number of rotatable bonds is 8. The Labute approximate surface area is 111 Å². The molecule has 0 saturated carbocycles. The van der Waals surface area contributed by atoms with Crippen LogP contribution in [-0.2, 0) is 4.79 Å². The molecule has 0 aromatic carbocycles. The number of piperidine rings is 1. The SMILES string of the molecule is CCCNCC(C)CN1CCC(CC(N)=O)CC1. The average molecular weight is 255 g/mol. The summed E-state index contributed by atoms with van der Waals surface area (Å²) in [6, 6.07) is 0. The van der Waals surface area contributed by atoms with Gasteiger partial charge in [-0.1, -0.05) is 13.8 Å². The number of nitrogens with one attached hydrogen (secondary N) is 1. The molecule has 4 nitrogen and oxygen atoms in total. The molecule has 1 aliphatic heterocycles. The summed E-state index contributed by atoms with van der Waals surface area (Å²) >= 11 is 0. The summed E-state index contributed by atoms with van der Waals surface area (Å²) in [4.78, 5) is 13.4. The minimum Gasteiger partial charge on any atom is -0.370 e. The largest absolute Gasteiger partial charge is 0.370 e. The molecule has 18 heavy (non-hydrogen) atoms. The molecular formula is C14H29N3O. The first-order chi connectivity index (χ1) is 8.61. The van der Waals surface area contributed by atoms with Gasteiger partial charge in [0, 0.05) is 13.0 Å². The van der Waals surface area contributed by atoms with E-state index in [4.69, 9.17) is 5.73 Å². The van der Waals surface area contributed by atoms with Gasteiger partial charge in [-0.25, -0.2) is 0 Å². The van der Waals surface area contributed by atoms with Crippen molar-refractivity contribution in [3.8, 4) is 0 Å². The third kappa shape index (κ3) is 6.36. The van der Waals surface area contributed by atoms with Crippen LogP contribution in [-0.4, -0.2) is 43.5 Å². The molecule has 1 fully saturated rings. The van der Waals surface area contributed by atoms with Crippen molar-refractivity contribution in [3.63, 3.8) is 0 Å². The number of carbonyl (C=O) groups is 1. The van der Waals surface area contributed by atoms with Gasteiger partial charge in [0.1, 0.15) is 0 Å². The van der Waals surface area contributed by atoms with Gasteiger partial charge in [0.05, 0.1) is 0 Å². The monoisotopic (exact) mass is 255 g/mol. The molecule has 0 aliphatic carbocycles. The fourth-order valence-electron chi connectivity index (χ4n) is 2.69. The van der Waals surface area contributed by atoms with Crippen LogP contribution in [0.4, 0.5) is 0 Å². The van der Waals surface area contributed by atoms with E-state index in [1.165, 1.54) is 13.0 Å². The van der Waals surface area contributed by atoms with Crippen molar-refractivity contribution in [2.45, 2.75) is 39.5 Å². The Hall–Kier alpha value is -0.610. The molecule has 0 spiro atoms. The van der Waals surface area contributed by atoms with Crippen LogP contribution in [0.2, 0.25) is 0 Å². The molecule has 3 N–H and O–H groups in total. The lowest BCUT2D eigenvalue weighted by Gasteiger charge is -2.33. The minimum absolute atomic E-state index is 0.148. The van der Waals surface area contributed by atoms with Crippen molar-refractivity contribution in [2.75, 3.05) is 32.7 Å². The van der Waals surface area contributed by atoms with Gasteiger partial charge in [0.15, 0.2) is 0 Å². The highest BCUT2D eigenvalue weighted by atomic mass is 16.1. The van der Waals surface area contributed by atoms with Crippen molar-refractivity contribution < 1.29 is 4.79 Å². The first kappa shape index (κ1) is 15.4. The van der Waals surface area contributed by atoms with Crippen LogP contribution >= 0.6 is 0 Å². The zero-order valence-corrected chi connectivity index (χ0v) is 12.0. The molecule has 4 heteroatoms. The lowest BCUT2D eigenvalue weighted by molar-refractivity contribution is -0.119. The predicted octanol–water partition coefficient (Wildman–Crippen LogP) is 1.21. The highest BCUT2D eigenvalue weighted by Gasteiger charge is 2.21. The number of nitrogens with zero attached hydrogens (tertiary/aromatic N) is 1. The second kappa shape index (κ2) is 8.48. The first-order valence-corrected chi connectivity index (χ1v) is 7.33. The van der Waals surface area contributed by atoms with Gasteiger partial charge < -0.3 is 16.0 Å². The Balaban J connectivity index is 2.12. The number of primary amides is 1. The highest BCUT2D eigenvalue weighted by molar-refractivity contribution is 5.73. The average Bonchev–Trinajstić information content (AvgIpc) is 2.31. The van der Waals surface area contributed by atoms with Gasteiger partial charge in [-0.15, -0.1) is 0 Å². The van der Waals surface area contributed by atoms with Gasteiger partial charge in [0.2, 0.25) is 5.91 Å².